The van der Waals surface area contributed by atoms with Gasteiger partial charge >= 0.3 is 0 Å². The lowest BCUT2D eigenvalue weighted by molar-refractivity contribution is 0.396. The lowest BCUT2D eigenvalue weighted by atomic mass is 9.91. The normalized spacial score (nSPS) is 26.7. The number of thioether (sulfide) groups is 1. The maximum absolute atomic E-state index is 11.4. The fraction of sp³-hybridized carbons (Fsp3) is 1.00. The largest absolute Gasteiger partial charge is 0.229 e. The van der Waals surface area contributed by atoms with E-state index in [-0.39, 0.29) is 0 Å². The summed E-state index contributed by atoms with van der Waals surface area (Å²) in [5.74, 6) is 4.07. The Labute approximate surface area is 106 Å². The summed E-state index contributed by atoms with van der Waals surface area (Å²) in [4.78, 5) is 0. The molecule has 0 N–H and O–H groups in total. The molecule has 0 aromatic rings. The standard InChI is InChI=1S/C10H19BrO2S2/c1-2-14-5-3-9(7-11)10-4-6-15(12,13)8-10/h9-10H,2-8H2,1H3. The van der Waals surface area contributed by atoms with Gasteiger partial charge in [-0.1, -0.05) is 22.9 Å². The van der Waals surface area contributed by atoms with Gasteiger partial charge < -0.3 is 0 Å². The molecule has 2 atom stereocenters. The minimum atomic E-state index is -2.71. The molecule has 0 aromatic heterocycles. The molecule has 0 spiro atoms. The Morgan fingerprint density at radius 1 is 1.53 bits per heavy atom. The SMILES string of the molecule is CCSCCC(CBr)C1CCS(=O)(=O)C1. The summed E-state index contributed by atoms with van der Waals surface area (Å²) in [6.07, 6.45) is 2.01. The third kappa shape index (κ3) is 4.65. The van der Waals surface area contributed by atoms with Crippen molar-refractivity contribution in [2.45, 2.75) is 19.8 Å². The molecule has 1 heterocycles. The van der Waals surface area contributed by atoms with Gasteiger partial charge in [0.25, 0.3) is 0 Å². The van der Waals surface area contributed by atoms with Crippen LogP contribution in [-0.2, 0) is 9.84 Å². The molecule has 2 unspecified atom stereocenters. The second-order valence-electron chi connectivity index (χ2n) is 4.06. The molecule has 0 radical (unpaired) electrons. The van der Waals surface area contributed by atoms with E-state index in [2.05, 4.69) is 22.9 Å². The van der Waals surface area contributed by atoms with E-state index in [0.29, 0.717) is 23.3 Å². The van der Waals surface area contributed by atoms with Gasteiger partial charge in [-0.25, -0.2) is 8.42 Å². The van der Waals surface area contributed by atoms with Crippen molar-refractivity contribution in [1.29, 1.82) is 0 Å². The first kappa shape index (κ1) is 13.8. The van der Waals surface area contributed by atoms with Crippen molar-refractivity contribution in [3.63, 3.8) is 0 Å². The van der Waals surface area contributed by atoms with E-state index in [1.165, 1.54) is 0 Å². The number of alkyl halides is 1. The van der Waals surface area contributed by atoms with Crippen LogP contribution in [0.4, 0.5) is 0 Å². The summed E-state index contributed by atoms with van der Waals surface area (Å²) >= 11 is 5.45. The molecule has 0 aromatic carbocycles. The Morgan fingerprint density at radius 3 is 2.73 bits per heavy atom. The molecule has 1 rings (SSSR count). The highest BCUT2D eigenvalue weighted by Gasteiger charge is 2.32. The van der Waals surface area contributed by atoms with Gasteiger partial charge in [0.05, 0.1) is 11.5 Å². The molecule has 2 nitrogen and oxygen atoms in total. The summed E-state index contributed by atoms with van der Waals surface area (Å²) in [6.45, 7) is 2.16. The zero-order valence-electron chi connectivity index (χ0n) is 9.12. The molecular weight excluding hydrogens is 296 g/mol. The van der Waals surface area contributed by atoms with Crippen LogP contribution in [0.15, 0.2) is 0 Å². The topological polar surface area (TPSA) is 34.1 Å². The van der Waals surface area contributed by atoms with Crippen LogP contribution in [0.2, 0.25) is 0 Å². The van der Waals surface area contributed by atoms with Crippen molar-refractivity contribution >= 4 is 37.5 Å². The van der Waals surface area contributed by atoms with Crippen LogP contribution >= 0.6 is 27.7 Å². The fourth-order valence-electron chi connectivity index (χ4n) is 2.01. The van der Waals surface area contributed by atoms with E-state index in [1.807, 2.05) is 11.8 Å². The third-order valence-electron chi connectivity index (χ3n) is 2.97. The van der Waals surface area contributed by atoms with Gasteiger partial charge in [-0.15, -0.1) is 0 Å². The quantitative estimate of drug-likeness (QED) is 0.558. The first-order valence-electron chi connectivity index (χ1n) is 5.43. The van der Waals surface area contributed by atoms with Crippen LogP contribution in [-0.4, -0.2) is 36.8 Å². The van der Waals surface area contributed by atoms with E-state index < -0.39 is 9.84 Å². The second-order valence-corrected chi connectivity index (χ2v) is 8.33. The zero-order chi connectivity index (χ0) is 11.3. The van der Waals surface area contributed by atoms with Gasteiger partial charge in [0.2, 0.25) is 0 Å². The summed E-state index contributed by atoms with van der Waals surface area (Å²) in [6, 6.07) is 0. The highest BCUT2D eigenvalue weighted by molar-refractivity contribution is 9.09. The van der Waals surface area contributed by atoms with Crippen molar-refractivity contribution in [2.24, 2.45) is 11.8 Å². The van der Waals surface area contributed by atoms with Gasteiger partial charge in [-0.3, -0.25) is 0 Å². The predicted octanol–water partition coefficient (Wildman–Crippen LogP) is 2.58. The molecule has 5 heteroatoms. The summed E-state index contributed by atoms with van der Waals surface area (Å²) in [5, 5.41) is 0.942. The molecule has 1 fully saturated rings. The molecule has 0 amide bonds. The van der Waals surface area contributed by atoms with Crippen LogP contribution in [0.1, 0.15) is 19.8 Å². The molecule has 90 valence electrons. The van der Waals surface area contributed by atoms with Gasteiger partial charge in [0.15, 0.2) is 9.84 Å². The lowest BCUT2D eigenvalue weighted by Crippen LogP contribution is -2.18. The maximum atomic E-state index is 11.4. The third-order valence-corrected chi connectivity index (χ3v) is 6.53. The number of sulfone groups is 1. The fourth-order valence-corrected chi connectivity index (χ4v) is 5.54. The monoisotopic (exact) mass is 314 g/mol. The smallest absolute Gasteiger partial charge is 0.150 e. The first-order chi connectivity index (χ1) is 7.09. The molecule has 1 aliphatic heterocycles. The summed E-state index contributed by atoms with van der Waals surface area (Å²) in [7, 11) is -2.71. The van der Waals surface area contributed by atoms with E-state index in [1.54, 1.807) is 0 Å². The Bertz CT molecular complexity index is 277. The van der Waals surface area contributed by atoms with Crippen LogP contribution in [0, 0.1) is 11.8 Å². The van der Waals surface area contributed by atoms with E-state index >= 15 is 0 Å². The highest BCUT2D eigenvalue weighted by Crippen LogP contribution is 2.30. The summed E-state index contributed by atoms with van der Waals surface area (Å²) in [5.41, 5.74) is 0. The van der Waals surface area contributed by atoms with Crippen LogP contribution < -0.4 is 0 Å². The average molecular weight is 315 g/mol. The van der Waals surface area contributed by atoms with Gasteiger partial charge in [0.1, 0.15) is 0 Å². The molecule has 1 saturated heterocycles. The minimum absolute atomic E-state index is 0.395. The minimum Gasteiger partial charge on any atom is -0.229 e. The number of rotatable bonds is 6. The maximum Gasteiger partial charge on any atom is 0.150 e. The van der Waals surface area contributed by atoms with Crippen LogP contribution in [0.3, 0.4) is 0 Å². The average Bonchev–Trinajstić information content (AvgIpc) is 2.54. The highest BCUT2D eigenvalue weighted by atomic mass is 79.9. The molecule has 0 aliphatic carbocycles. The molecule has 15 heavy (non-hydrogen) atoms. The van der Waals surface area contributed by atoms with Crippen LogP contribution in [0.5, 0.6) is 0 Å². The molecule has 1 aliphatic rings. The lowest BCUT2D eigenvalue weighted by Gasteiger charge is -2.19. The van der Waals surface area contributed by atoms with Gasteiger partial charge in [-0.2, -0.15) is 11.8 Å². The van der Waals surface area contributed by atoms with Crippen molar-refractivity contribution < 1.29 is 8.42 Å². The van der Waals surface area contributed by atoms with Crippen molar-refractivity contribution in [2.75, 3.05) is 28.3 Å². The molecule has 0 saturated carbocycles. The van der Waals surface area contributed by atoms with Crippen LogP contribution in [0.25, 0.3) is 0 Å². The predicted molar refractivity (Wildman–Crippen MR) is 71.7 cm³/mol. The van der Waals surface area contributed by atoms with Crippen molar-refractivity contribution in [1.82, 2.24) is 0 Å². The van der Waals surface area contributed by atoms with Gasteiger partial charge in [-0.05, 0) is 36.2 Å². The Balaban J connectivity index is 2.39. The number of hydrogen-bond donors (Lipinski definition) is 0. The van der Waals surface area contributed by atoms with E-state index in [0.717, 1.165) is 29.7 Å². The molecular formula is C10H19BrO2S2. The number of halogens is 1. The van der Waals surface area contributed by atoms with Crippen molar-refractivity contribution in [3.8, 4) is 0 Å². The zero-order valence-corrected chi connectivity index (χ0v) is 12.3. The Kier molecular flexibility index (Phi) is 6.00. The second kappa shape index (κ2) is 6.50. The Morgan fingerprint density at radius 2 is 2.27 bits per heavy atom. The van der Waals surface area contributed by atoms with E-state index in [9.17, 15) is 8.42 Å². The first-order valence-corrected chi connectivity index (χ1v) is 9.53. The summed E-state index contributed by atoms with van der Waals surface area (Å²) < 4.78 is 22.7. The number of hydrogen-bond acceptors (Lipinski definition) is 3. The van der Waals surface area contributed by atoms with Crippen molar-refractivity contribution in [3.05, 3.63) is 0 Å². The van der Waals surface area contributed by atoms with Gasteiger partial charge in [0, 0.05) is 5.33 Å². The van der Waals surface area contributed by atoms with E-state index in [4.69, 9.17) is 0 Å². The Hall–Kier alpha value is 0.780. The molecule has 0 bridgehead atoms.